The largest absolute Gasteiger partial charge is 0.497 e. The van der Waals surface area contributed by atoms with Crippen LogP contribution in [0.5, 0.6) is 5.75 Å². The molecule has 25 heavy (non-hydrogen) atoms. The van der Waals surface area contributed by atoms with E-state index in [9.17, 15) is 9.59 Å². The van der Waals surface area contributed by atoms with E-state index in [0.717, 1.165) is 0 Å². The number of ketones is 1. The van der Waals surface area contributed by atoms with Crippen LogP contribution in [0.15, 0.2) is 30.6 Å². The molecule has 0 saturated carbocycles. The normalized spacial score (nSPS) is 10.6. The van der Waals surface area contributed by atoms with E-state index < -0.39 is 11.8 Å². The van der Waals surface area contributed by atoms with Gasteiger partial charge in [0.25, 0.3) is 0 Å². The van der Waals surface area contributed by atoms with Gasteiger partial charge in [-0.1, -0.05) is 0 Å². The highest BCUT2D eigenvalue weighted by atomic mass is 16.5. The number of hydrogen-bond donors (Lipinski definition) is 1. The second kappa shape index (κ2) is 6.56. The minimum atomic E-state index is -0.473. The van der Waals surface area contributed by atoms with Crippen molar-refractivity contribution in [3.63, 3.8) is 0 Å². The lowest BCUT2D eigenvalue weighted by Crippen LogP contribution is -2.13. The lowest BCUT2D eigenvalue weighted by Gasteiger charge is -2.05. The first-order valence-corrected chi connectivity index (χ1v) is 7.27. The summed E-state index contributed by atoms with van der Waals surface area (Å²) in [4.78, 5) is 36.4. The molecule has 3 aromatic rings. The van der Waals surface area contributed by atoms with E-state index in [1.165, 1.54) is 25.1 Å². The monoisotopic (exact) mass is 341 g/mol. The SMILES string of the molecule is COC(=O)Cn1cnc2c(N)nc(C(=O)c3ccc(OC)cc3)nc21. The molecule has 2 aromatic heterocycles. The van der Waals surface area contributed by atoms with Gasteiger partial charge >= 0.3 is 5.97 Å². The molecule has 0 spiro atoms. The summed E-state index contributed by atoms with van der Waals surface area (Å²) in [5, 5.41) is 0. The molecular formula is C16H15N5O4. The Morgan fingerprint density at radius 3 is 2.52 bits per heavy atom. The van der Waals surface area contributed by atoms with Crippen molar-refractivity contribution in [3.8, 4) is 5.75 Å². The van der Waals surface area contributed by atoms with Crippen molar-refractivity contribution in [2.75, 3.05) is 20.0 Å². The summed E-state index contributed by atoms with van der Waals surface area (Å²) >= 11 is 0. The number of ether oxygens (including phenoxy) is 2. The molecule has 0 saturated heterocycles. The lowest BCUT2D eigenvalue weighted by atomic mass is 10.1. The number of hydrogen-bond acceptors (Lipinski definition) is 8. The molecule has 0 aliphatic rings. The van der Waals surface area contributed by atoms with E-state index in [1.807, 2.05) is 0 Å². The van der Waals surface area contributed by atoms with Crippen LogP contribution in [0.25, 0.3) is 11.2 Å². The number of aromatic nitrogens is 4. The molecule has 0 amide bonds. The first kappa shape index (κ1) is 16.4. The standard InChI is InChI=1S/C16H15N5O4/c1-24-10-5-3-9(4-6-10)13(23)15-19-14(17)12-16(20-15)21(8-18-12)7-11(22)25-2/h3-6,8H,7H2,1-2H3,(H2,17,19,20). The average Bonchev–Trinajstić information content (AvgIpc) is 3.04. The number of anilines is 1. The third kappa shape index (κ3) is 3.11. The number of nitrogen functional groups attached to an aromatic ring is 1. The first-order valence-electron chi connectivity index (χ1n) is 7.27. The van der Waals surface area contributed by atoms with Crippen LogP contribution < -0.4 is 10.5 Å². The number of rotatable bonds is 5. The maximum atomic E-state index is 12.6. The Balaban J connectivity index is 2.02. The number of nitrogens with zero attached hydrogens (tertiary/aromatic N) is 4. The van der Waals surface area contributed by atoms with E-state index >= 15 is 0 Å². The molecule has 0 aliphatic carbocycles. The van der Waals surface area contributed by atoms with Gasteiger partial charge in [-0.05, 0) is 24.3 Å². The van der Waals surface area contributed by atoms with E-state index in [0.29, 0.717) is 16.8 Å². The summed E-state index contributed by atoms with van der Waals surface area (Å²) in [6.45, 7) is -0.0976. The lowest BCUT2D eigenvalue weighted by molar-refractivity contribution is -0.141. The van der Waals surface area contributed by atoms with Crippen LogP contribution in [0, 0.1) is 0 Å². The highest BCUT2D eigenvalue weighted by Gasteiger charge is 2.18. The molecule has 0 bridgehead atoms. The molecule has 2 heterocycles. The molecule has 0 fully saturated rings. The van der Waals surface area contributed by atoms with Crippen LogP contribution in [0.3, 0.4) is 0 Å². The van der Waals surface area contributed by atoms with Gasteiger partial charge in [0.1, 0.15) is 17.8 Å². The van der Waals surface area contributed by atoms with Gasteiger partial charge in [0.15, 0.2) is 11.5 Å². The Kier molecular flexibility index (Phi) is 4.29. The van der Waals surface area contributed by atoms with Gasteiger partial charge in [-0.25, -0.2) is 15.0 Å². The number of imidazole rings is 1. The van der Waals surface area contributed by atoms with Crippen LogP contribution in [-0.4, -0.2) is 45.5 Å². The van der Waals surface area contributed by atoms with Crippen LogP contribution in [0.2, 0.25) is 0 Å². The molecule has 9 heteroatoms. The van der Waals surface area contributed by atoms with Crippen molar-refractivity contribution in [1.29, 1.82) is 0 Å². The van der Waals surface area contributed by atoms with Gasteiger partial charge < -0.3 is 19.8 Å². The highest BCUT2D eigenvalue weighted by Crippen LogP contribution is 2.19. The third-order valence-electron chi connectivity index (χ3n) is 3.57. The number of fused-ring (bicyclic) bond motifs is 1. The number of nitrogens with two attached hydrogens (primary N) is 1. The molecule has 0 radical (unpaired) electrons. The Morgan fingerprint density at radius 2 is 1.88 bits per heavy atom. The Hall–Kier alpha value is -3.49. The van der Waals surface area contributed by atoms with Crippen molar-refractivity contribution < 1.29 is 19.1 Å². The minimum absolute atomic E-state index is 0.0606. The first-order chi connectivity index (χ1) is 12.0. The number of methoxy groups -OCH3 is 2. The van der Waals surface area contributed by atoms with E-state index in [1.54, 1.807) is 24.3 Å². The van der Waals surface area contributed by atoms with E-state index in [4.69, 9.17) is 10.5 Å². The molecule has 0 atom stereocenters. The second-order valence-corrected chi connectivity index (χ2v) is 5.11. The Labute approximate surface area is 142 Å². The van der Waals surface area contributed by atoms with E-state index in [-0.39, 0.29) is 23.8 Å². The maximum Gasteiger partial charge on any atom is 0.325 e. The molecule has 2 N–H and O–H groups in total. The van der Waals surface area contributed by atoms with Gasteiger partial charge in [0, 0.05) is 5.56 Å². The van der Waals surface area contributed by atoms with Gasteiger partial charge in [-0.15, -0.1) is 0 Å². The summed E-state index contributed by atoms with van der Waals surface area (Å²) in [5.41, 5.74) is 6.87. The van der Waals surface area contributed by atoms with Crippen LogP contribution in [-0.2, 0) is 16.1 Å². The summed E-state index contributed by atoms with van der Waals surface area (Å²) in [5.74, 6) is -0.266. The zero-order valence-corrected chi connectivity index (χ0v) is 13.6. The quantitative estimate of drug-likeness (QED) is 0.534. The highest BCUT2D eigenvalue weighted by molar-refractivity contribution is 6.07. The second-order valence-electron chi connectivity index (χ2n) is 5.11. The van der Waals surface area contributed by atoms with Gasteiger partial charge in [-0.2, -0.15) is 0 Å². The molecular weight excluding hydrogens is 326 g/mol. The zero-order chi connectivity index (χ0) is 18.0. The summed E-state index contributed by atoms with van der Waals surface area (Å²) < 4.78 is 11.1. The van der Waals surface area contributed by atoms with Crippen molar-refractivity contribution in [2.24, 2.45) is 0 Å². The smallest absolute Gasteiger partial charge is 0.325 e. The predicted octanol–water partition coefficient (Wildman–Crippen LogP) is 0.821. The molecule has 1 aromatic carbocycles. The summed E-state index contributed by atoms with van der Waals surface area (Å²) in [6.07, 6.45) is 1.40. The molecule has 9 nitrogen and oxygen atoms in total. The van der Waals surface area contributed by atoms with Crippen molar-refractivity contribution in [1.82, 2.24) is 19.5 Å². The fraction of sp³-hybridized carbons (Fsp3) is 0.188. The minimum Gasteiger partial charge on any atom is -0.497 e. The number of esters is 1. The van der Waals surface area contributed by atoms with Crippen molar-refractivity contribution in [2.45, 2.75) is 6.54 Å². The van der Waals surface area contributed by atoms with Crippen molar-refractivity contribution in [3.05, 3.63) is 42.0 Å². The Bertz CT molecular complexity index is 949. The molecule has 0 aliphatic heterocycles. The number of carbonyl (C=O) groups excluding carboxylic acids is 2. The predicted molar refractivity (Wildman–Crippen MR) is 88.2 cm³/mol. The zero-order valence-electron chi connectivity index (χ0n) is 13.6. The Morgan fingerprint density at radius 1 is 1.16 bits per heavy atom. The molecule has 0 unspecified atom stereocenters. The third-order valence-corrected chi connectivity index (χ3v) is 3.57. The summed E-state index contributed by atoms with van der Waals surface area (Å²) in [7, 11) is 2.82. The average molecular weight is 341 g/mol. The van der Waals surface area contributed by atoms with Gasteiger partial charge in [0.05, 0.1) is 20.5 Å². The fourth-order valence-electron chi connectivity index (χ4n) is 2.26. The molecule has 3 rings (SSSR count). The summed E-state index contributed by atoms with van der Waals surface area (Å²) in [6, 6.07) is 6.54. The van der Waals surface area contributed by atoms with E-state index in [2.05, 4.69) is 19.7 Å². The topological polar surface area (TPSA) is 122 Å². The van der Waals surface area contributed by atoms with Crippen LogP contribution in [0.4, 0.5) is 5.82 Å². The van der Waals surface area contributed by atoms with Gasteiger partial charge in [-0.3, -0.25) is 9.59 Å². The van der Waals surface area contributed by atoms with Crippen molar-refractivity contribution >= 4 is 28.7 Å². The number of carbonyl (C=O) groups is 2. The van der Waals surface area contributed by atoms with Gasteiger partial charge in [0.2, 0.25) is 11.6 Å². The fourth-order valence-corrected chi connectivity index (χ4v) is 2.26. The maximum absolute atomic E-state index is 12.6. The van der Waals surface area contributed by atoms with Crippen LogP contribution in [0.1, 0.15) is 16.2 Å². The number of benzene rings is 1. The molecule has 128 valence electrons. The van der Waals surface area contributed by atoms with Crippen LogP contribution >= 0.6 is 0 Å².